The van der Waals surface area contributed by atoms with E-state index in [2.05, 4.69) is 40.1 Å². The lowest BCUT2D eigenvalue weighted by Crippen LogP contribution is -2.12. The van der Waals surface area contributed by atoms with Crippen molar-refractivity contribution in [1.82, 2.24) is 9.78 Å². The minimum Gasteiger partial charge on any atom is -0.320 e. The lowest BCUT2D eigenvalue weighted by molar-refractivity contribution is 0.854. The van der Waals surface area contributed by atoms with Crippen LogP contribution in [0.2, 0.25) is 0 Å². The lowest BCUT2D eigenvalue weighted by Gasteiger charge is -2.13. The maximum absolute atomic E-state index is 6.39. The second-order valence-electron chi connectivity index (χ2n) is 5.03. The molecule has 3 nitrogen and oxygen atoms in total. The molecule has 0 spiro atoms. The second-order valence-corrected chi connectivity index (χ2v) is 5.95. The maximum Gasteiger partial charge on any atom is 0.0645 e. The molecule has 2 aromatic carbocycles. The van der Waals surface area contributed by atoms with Gasteiger partial charge in [0.15, 0.2) is 0 Å². The number of aromatic nitrogens is 2. The van der Waals surface area contributed by atoms with Gasteiger partial charge >= 0.3 is 0 Å². The molecule has 1 atom stereocenters. The van der Waals surface area contributed by atoms with E-state index < -0.39 is 0 Å². The first kappa shape index (κ1) is 14.0. The molecule has 1 unspecified atom stereocenters. The fraction of sp³-hybridized carbons (Fsp3) is 0.118. The van der Waals surface area contributed by atoms with E-state index in [1.54, 1.807) is 0 Å². The van der Waals surface area contributed by atoms with Crippen molar-refractivity contribution in [2.24, 2.45) is 5.73 Å². The van der Waals surface area contributed by atoms with Gasteiger partial charge in [0, 0.05) is 16.2 Å². The van der Waals surface area contributed by atoms with E-state index in [4.69, 9.17) is 5.73 Å². The summed E-state index contributed by atoms with van der Waals surface area (Å²) in [6.07, 6.45) is 3.82. The molecule has 4 heteroatoms. The SMILES string of the molecule is Cc1cc(Br)ccc1C(N)c1cnn(-c2ccccc2)c1. The summed E-state index contributed by atoms with van der Waals surface area (Å²) in [5.74, 6) is 0. The summed E-state index contributed by atoms with van der Waals surface area (Å²) >= 11 is 3.48. The molecule has 3 rings (SSSR count). The zero-order valence-corrected chi connectivity index (χ0v) is 13.3. The quantitative estimate of drug-likeness (QED) is 0.782. The molecule has 0 saturated carbocycles. The van der Waals surface area contributed by atoms with Gasteiger partial charge in [-0.05, 0) is 42.3 Å². The lowest BCUT2D eigenvalue weighted by atomic mass is 9.98. The van der Waals surface area contributed by atoms with Crippen molar-refractivity contribution in [3.8, 4) is 5.69 Å². The minimum atomic E-state index is -0.171. The minimum absolute atomic E-state index is 0.171. The average Bonchev–Trinajstić information content (AvgIpc) is 2.97. The normalized spacial score (nSPS) is 12.3. The number of hydrogen-bond acceptors (Lipinski definition) is 2. The first-order chi connectivity index (χ1) is 10.1. The highest BCUT2D eigenvalue weighted by Gasteiger charge is 2.14. The number of para-hydroxylation sites is 1. The van der Waals surface area contributed by atoms with Crippen LogP contribution < -0.4 is 5.73 Å². The first-order valence-electron chi connectivity index (χ1n) is 6.77. The van der Waals surface area contributed by atoms with Crippen LogP contribution in [0.3, 0.4) is 0 Å². The summed E-state index contributed by atoms with van der Waals surface area (Å²) in [5.41, 5.74) is 10.7. The van der Waals surface area contributed by atoms with Gasteiger partial charge in [-0.2, -0.15) is 5.10 Å². The van der Waals surface area contributed by atoms with Gasteiger partial charge in [-0.25, -0.2) is 4.68 Å². The summed E-state index contributed by atoms with van der Waals surface area (Å²) in [5, 5.41) is 4.41. The molecule has 0 radical (unpaired) electrons. The largest absolute Gasteiger partial charge is 0.320 e. The number of halogens is 1. The van der Waals surface area contributed by atoms with Gasteiger partial charge in [-0.15, -0.1) is 0 Å². The number of hydrogen-bond donors (Lipinski definition) is 1. The van der Waals surface area contributed by atoms with E-state index in [-0.39, 0.29) is 6.04 Å². The van der Waals surface area contributed by atoms with Crippen molar-refractivity contribution in [2.45, 2.75) is 13.0 Å². The summed E-state index contributed by atoms with van der Waals surface area (Å²) in [4.78, 5) is 0. The van der Waals surface area contributed by atoms with E-state index in [0.29, 0.717) is 0 Å². The third kappa shape index (κ3) is 2.91. The number of nitrogens with two attached hydrogens (primary N) is 1. The third-order valence-corrected chi connectivity index (χ3v) is 4.04. The Bertz CT molecular complexity index is 750. The topological polar surface area (TPSA) is 43.8 Å². The fourth-order valence-corrected chi connectivity index (χ4v) is 2.86. The predicted molar refractivity (Wildman–Crippen MR) is 88.5 cm³/mol. The Morgan fingerprint density at radius 2 is 1.90 bits per heavy atom. The van der Waals surface area contributed by atoms with Crippen molar-refractivity contribution < 1.29 is 0 Å². The van der Waals surface area contributed by atoms with Gasteiger partial charge in [-0.3, -0.25) is 0 Å². The van der Waals surface area contributed by atoms with Gasteiger partial charge < -0.3 is 5.73 Å². The number of nitrogens with zero attached hydrogens (tertiary/aromatic N) is 2. The van der Waals surface area contributed by atoms with E-state index in [0.717, 1.165) is 21.3 Å². The summed E-state index contributed by atoms with van der Waals surface area (Å²) in [6, 6.07) is 16.0. The van der Waals surface area contributed by atoms with Crippen LogP contribution in [0.15, 0.2) is 65.4 Å². The van der Waals surface area contributed by atoms with Gasteiger partial charge in [0.25, 0.3) is 0 Å². The number of aryl methyl sites for hydroxylation is 1. The Kier molecular flexibility index (Phi) is 3.90. The third-order valence-electron chi connectivity index (χ3n) is 3.55. The molecule has 0 fully saturated rings. The highest BCUT2D eigenvalue weighted by molar-refractivity contribution is 9.10. The van der Waals surface area contributed by atoms with Gasteiger partial charge in [0.05, 0.1) is 17.9 Å². The molecule has 0 amide bonds. The Morgan fingerprint density at radius 1 is 1.14 bits per heavy atom. The summed E-state index contributed by atoms with van der Waals surface area (Å²) in [6.45, 7) is 2.07. The molecule has 3 aromatic rings. The van der Waals surface area contributed by atoms with Crippen LogP contribution in [0.4, 0.5) is 0 Å². The highest BCUT2D eigenvalue weighted by Crippen LogP contribution is 2.25. The molecule has 21 heavy (non-hydrogen) atoms. The highest BCUT2D eigenvalue weighted by atomic mass is 79.9. The molecule has 0 bridgehead atoms. The van der Waals surface area contributed by atoms with Crippen LogP contribution in [-0.2, 0) is 0 Å². The molecule has 2 N–H and O–H groups in total. The molecular weight excluding hydrogens is 326 g/mol. The summed E-state index contributed by atoms with van der Waals surface area (Å²) in [7, 11) is 0. The first-order valence-corrected chi connectivity index (χ1v) is 7.56. The standard InChI is InChI=1S/C17H16BrN3/c1-12-9-14(18)7-8-16(12)17(19)13-10-20-21(11-13)15-5-3-2-4-6-15/h2-11,17H,19H2,1H3. The Balaban J connectivity index is 1.92. The number of benzene rings is 2. The van der Waals surface area contributed by atoms with Crippen LogP contribution in [0, 0.1) is 6.92 Å². The van der Waals surface area contributed by atoms with E-state index in [9.17, 15) is 0 Å². The van der Waals surface area contributed by atoms with Crippen LogP contribution in [0.5, 0.6) is 0 Å². The molecule has 0 saturated heterocycles. The Morgan fingerprint density at radius 3 is 2.62 bits per heavy atom. The average molecular weight is 342 g/mol. The van der Waals surface area contributed by atoms with Crippen molar-refractivity contribution in [1.29, 1.82) is 0 Å². The zero-order valence-electron chi connectivity index (χ0n) is 11.7. The van der Waals surface area contributed by atoms with Crippen molar-refractivity contribution in [3.05, 3.63) is 82.1 Å². The smallest absolute Gasteiger partial charge is 0.0645 e. The zero-order chi connectivity index (χ0) is 14.8. The van der Waals surface area contributed by atoms with E-state index in [1.807, 2.05) is 53.5 Å². The maximum atomic E-state index is 6.39. The molecule has 0 aliphatic rings. The van der Waals surface area contributed by atoms with Crippen LogP contribution >= 0.6 is 15.9 Å². The van der Waals surface area contributed by atoms with Crippen molar-refractivity contribution in [3.63, 3.8) is 0 Å². The molecular formula is C17H16BrN3. The number of rotatable bonds is 3. The van der Waals surface area contributed by atoms with E-state index >= 15 is 0 Å². The van der Waals surface area contributed by atoms with Crippen molar-refractivity contribution >= 4 is 15.9 Å². The van der Waals surface area contributed by atoms with Gasteiger partial charge in [0.1, 0.15) is 0 Å². The predicted octanol–water partition coefficient (Wildman–Crippen LogP) is 3.99. The van der Waals surface area contributed by atoms with Crippen LogP contribution in [-0.4, -0.2) is 9.78 Å². The molecule has 0 aliphatic carbocycles. The molecule has 106 valence electrons. The monoisotopic (exact) mass is 341 g/mol. The van der Waals surface area contributed by atoms with Gasteiger partial charge in [0.2, 0.25) is 0 Å². The van der Waals surface area contributed by atoms with Crippen molar-refractivity contribution in [2.75, 3.05) is 0 Å². The molecule has 1 heterocycles. The van der Waals surface area contributed by atoms with E-state index in [1.165, 1.54) is 5.56 Å². The Labute approximate surface area is 132 Å². The Hall–Kier alpha value is -1.91. The van der Waals surface area contributed by atoms with Gasteiger partial charge in [-0.1, -0.05) is 40.2 Å². The molecule has 0 aliphatic heterocycles. The van der Waals surface area contributed by atoms with Crippen LogP contribution in [0.1, 0.15) is 22.7 Å². The molecule has 1 aromatic heterocycles. The fourth-order valence-electron chi connectivity index (χ4n) is 2.39. The summed E-state index contributed by atoms with van der Waals surface area (Å²) < 4.78 is 2.92. The van der Waals surface area contributed by atoms with Crippen LogP contribution in [0.25, 0.3) is 5.69 Å². The second kappa shape index (κ2) is 5.84.